The summed E-state index contributed by atoms with van der Waals surface area (Å²) in [5.74, 6) is 1.90. The number of carbonyl (C=O) groups is 1. The van der Waals surface area contributed by atoms with E-state index in [-0.39, 0.29) is 11.9 Å². The molecule has 0 N–H and O–H groups in total. The first-order valence-electron chi connectivity index (χ1n) is 10.1. The summed E-state index contributed by atoms with van der Waals surface area (Å²) in [4.78, 5) is 13.7. The average molecular weight is 391 g/mol. The van der Waals surface area contributed by atoms with Crippen LogP contribution in [0.3, 0.4) is 0 Å². The van der Waals surface area contributed by atoms with Crippen molar-refractivity contribution in [3.63, 3.8) is 0 Å². The lowest BCUT2D eigenvalue weighted by molar-refractivity contribution is -0.158. The van der Waals surface area contributed by atoms with E-state index < -0.39 is 5.72 Å². The molecule has 1 atom stereocenters. The minimum absolute atomic E-state index is 0.122. The number of para-hydroxylation sites is 1. The van der Waals surface area contributed by atoms with Gasteiger partial charge in [0, 0.05) is 44.8 Å². The van der Waals surface area contributed by atoms with Crippen LogP contribution in [-0.4, -0.2) is 47.5 Å². The molecule has 2 aromatic rings. The molecule has 0 unspecified atom stereocenters. The number of hydrogen-bond acceptors (Lipinski definition) is 5. The van der Waals surface area contributed by atoms with E-state index in [1.807, 2.05) is 23.1 Å². The largest absolute Gasteiger partial charge is 0.497 e. The molecule has 3 aliphatic heterocycles. The lowest BCUT2D eigenvalue weighted by atomic mass is 9.90. The molecule has 0 aromatic heterocycles. The van der Waals surface area contributed by atoms with Crippen LogP contribution in [-0.2, 0) is 4.79 Å². The van der Waals surface area contributed by atoms with Gasteiger partial charge in [-0.25, -0.2) is 5.01 Å². The van der Waals surface area contributed by atoms with Gasteiger partial charge in [-0.3, -0.25) is 4.79 Å². The van der Waals surface area contributed by atoms with Gasteiger partial charge in [0.05, 0.1) is 18.9 Å². The van der Waals surface area contributed by atoms with Crippen LogP contribution in [0.4, 0.5) is 0 Å². The molecule has 1 saturated heterocycles. The van der Waals surface area contributed by atoms with Crippen LogP contribution in [0.15, 0.2) is 53.6 Å². The summed E-state index contributed by atoms with van der Waals surface area (Å²) in [7, 11) is 1.67. The topological polar surface area (TPSA) is 54.4 Å². The molecule has 2 aromatic carbocycles. The summed E-state index contributed by atoms with van der Waals surface area (Å²) in [6.07, 6.45) is 2.33. The van der Waals surface area contributed by atoms with Crippen molar-refractivity contribution in [3.8, 4) is 11.5 Å². The van der Waals surface area contributed by atoms with Crippen molar-refractivity contribution in [2.75, 3.05) is 20.2 Å². The van der Waals surface area contributed by atoms with Gasteiger partial charge in [0.1, 0.15) is 11.5 Å². The highest BCUT2D eigenvalue weighted by atomic mass is 16.5. The van der Waals surface area contributed by atoms with E-state index in [1.165, 1.54) is 5.56 Å². The number of methoxy groups -OCH3 is 1. The van der Waals surface area contributed by atoms with Gasteiger partial charge < -0.3 is 14.4 Å². The predicted molar refractivity (Wildman–Crippen MR) is 110 cm³/mol. The number of amides is 1. The maximum atomic E-state index is 11.8. The van der Waals surface area contributed by atoms with Gasteiger partial charge in [-0.15, -0.1) is 0 Å². The number of benzene rings is 2. The number of piperidine rings is 1. The van der Waals surface area contributed by atoms with E-state index in [2.05, 4.69) is 35.3 Å². The molecule has 0 radical (unpaired) electrons. The minimum atomic E-state index is -0.501. The maximum absolute atomic E-state index is 11.8. The summed E-state index contributed by atoms with van der Waals surface area (Å²) < 4.78 is 11.9. The number of ether oxygens (including phenoxy) is 2. The highest BCUT2D eigenvalue weighted by Crippen LogP contribution is 2.49. The standard InChI is InChI=1S/C23H25N3O3/c1-16(27)25-13-11-23(12-14-25)26-21(19-5-3-4-6-22(19)29-23)15-20(24-26)17-7-9-18(28-2)10-8-17/h3-10,21H,11-15H2,1-2H3/t21-/m1/s1. The highest BCUT2D eigenvalue weighted by molar-refractivity contribution is 6.02. The molecular weight excluding hydrogens is 366 g/mol. The molecule has 0 bridgehead atoms. The van der Waals surface area contributed by atoms with Crippen LogP contribution in [0, 0.1) is 0 Å². The minimum Gasteiger partial charge on any atom is -0.497 e. The van der Waals surface area contributed by atoms with Crippen molar-refractivity contribution in [1.29, 1.82) is 0 Å². The van der Waals surface area contributed by atoms with E-state index in [1.54, 1.807) is 14.0 Å². The van der Waals surface area contributed by atoms with Gasteiger partial charge in [-0.1, -0.05) is 18.2 Å². The third kappa shape index (κ3) is 2.94. The third-order valence-corrected chi connectivity index (χ3v) is 6.32. The number of fused-ring (bicyclic) bond motifs is 4. The van der Waals surface area contributed by atoms with E-state index >= 15 is 0 Å². The second-order valence-corrected chi connectivity index (χ2v) is 7.93. The molecule has 1 spiro atoms. The Morgan fingerprint density at radius 1 is 1.14 bits per heavy atom. The summed E-state index contributed by atoms with van der Waals surface area (Å²) in [6.45, 7) is 3.01. The molecule has 0 saturated carbocycles. The van der Waals surface area contributed by atoms with Crippen LogP contribution in [0.25, 0.3) is 0 Å². The first-order chi connectivity index (χ1) is 14.1. The Morgan fingerprint density at radius 2 is 1.86 bits per heavy atom. The number of nitrogens with zero attached hydrogens (tertiary/aromatic N) is 3. The van der Waals surface area contributed by atoms with Crippen molar-refractivity contribution in [2.45, 2.75) is 38.0 Å². The van der Waals surface area contributed by atoms with Gasteiger partial charge in [0.25, 0.3) is 0 Å². The Kier molecular flexibility index (Phi) is 4.23. The first-order valence-corrected chi connectivity index (χ1v) is 10.1. The Morgan fingerprint density at radius 3 is 2.55 bits per heavy atom. The Hall–Kier alpha value is -3.02. The second-order valence-electron chi connectivity index (χ2n) is 7.93. The van der Waals surface area contributed by atoms with E-state index in [0.29, 0.717) is 13.1 Å². The molecular formula is C23H25N3O3. The van der Waals surface area contributed by atoms with Crippen LogP contribution in [0.1, 0.15) is 43.4 Å². The van der Waals surface area contributed by atoms with Crippen molar-refractivity contribution in [1.82, 2.24) is 9.91 Å². The molecule has 3 heterocycles. The third-order valence-electron chi connectivity index (χ3n) is 6.32. The SMILES string of the molecule is COc1ccc(C2=NN3[C@H](C2)c2ccccc2OC32CCN(C(C)=O)CC2)cc1. The zero-order valence-electron chi connectivity index (χ0n) is 16.8. The zero-order valence-corrected chi connectivity index (χ0v) is 16.8. The molecule has 5 rings (SSSR count). The van der Waals surface area contributed by atoms with Gasteiger partial charge in [-0.05, 0) is 35.9 Å². The fraction of sp³-hybridized carbons (Fsp3) is 0.391. The van der Waals surface area contributed by atoms with Crippen LogP contribution >= 0.6 is 0 Å². The van der Waals surface area contributed by atoms with Crippen LogP contribution in [0.5, 0.6) is 11.5 Å². The predicted octanol–water partition coefficient (Wildman–Crippen LogP) is 3.58. The monoisotopic (exact) mass is 391 g/mol. The second kappa shape index (κ2) is 6.79. The smallest absolute Gasteiger partial charge is 0.219 e. The summed E-state index contributed by atoms with van der Waals surface area (Å²) in [5, 5.41) is 7.24. The van der Waals surface area contributed by atoms with Gasteiger partial charge in [0.2, 0.25) is 11.6 Å². The van der Waals surface area contributed by atoms with Crippen molar-refractivity contribution < 1.29 is 14.3 Å². The van der Waals surface area contributed by atoms with E-state index in [0.717, 1.165) is 42.0 Å². The molecule has 150 valence electrons. The lowest BCUT2D eigenvalue weighted by Crippen LogP contribution is -2.59. The number of hydrazone groups is 1. The zero-order chi connectivity index (χ0) is 20.0. The highest BCUT2D eigenvalue weighted by Gasteiger charge is 2.51. The number of likely N-dealkylation sites (tertiary alicyclic amines) is 1. The van der Waals surface area contributed by atoms with E-state index in [9.17, 15) is 4.79 Å². The van der Waals surface area contributed by atoms with Gasteiger partial charge in [0.15, 0.2) is 0 Å². The van der Waals surface area contributed by atoms with Crippen molar-refractivity contribution in [2.24, 2.45) is 5.10 Å². The number of carbonyl (C=O) groups excluding carboxylic acids is 1. The molecule has 3 aliphatic rings. The Balaban J connectivity index is 1.51. The number of rotatable bonds is 2. The van der Waals surface area contributed by atoms with Gasteiger partial charge in [-0.2, -0.15) is 5.10 Å². The molecule has 1 fully saturated rings. The normalized spacial score (nSPS) is 21.9. The molecule has 29 heavy (non-hydrogen) atoms. The summed E-state index contributed by atoms with van der Waals surface area (Å²) >= 11 is 0. The molecule has 1 amide bonds. The van der Waals surface area contributed by atoms with E-state index in [4.69, 9.17) is 14.6 Å². The summed E-state index contributed by atoms with van der Waals surface area (Å²) in [6, 6.07) is 16.5. The maximum Gasteiger partial charge on any atom is 0.219 e. The first kappa shape index (κ1) is 18.0. The Bertz CT molecular complexity index is 962. The number of hydrogen-bond donors (Lipinski definition) is 0. The van der Waals surface area contributed by atoms with Crippen molar-refractivity contribution in [3.05, 3.63) is 59.7 Å². The molecule has 0 aliphatic carbocycles. The summed E-state index contributed by atoms with van der Waals surface area (Å²) in [5.41, 5.74) is 2.85. The lowest BCUT2D eigenvalue weighted by Gasteiger charge is -2.51. The average Bonchev–Trinajstić information content (AvgIpc) is 3.21. The Labute approximate surface area is 170 Å². The molecule has 6 nitrogen and oxygen atoms in total. The quantitative estimate of drug-likeness (QED) is 0.785. The fourth-order valence-electron chi connectivity index (χ4n) is 4.69. The van der Waals surface area contributed by atoms with Crippen molar-refractivity contribution >= 4 is 11.6 Å². The van der Waals surface area contributed by atoms with Gasteiger partial charge >= 0.3 is 0 Å². The van der Waals surface area contributed by atoms with Crippen LogP contribution < -0.4 is 9.47 Å². The van der Waals surface area contributed by atoms with Crippen LogP contribution in [0.2, 0.25) is 0 Å². The molecule has 6 heteroatoms. The fourth-order valence-corrected chi connectivity index (χ4v) is 4.69.